The molecule has 2 aromatic heterocycles. The lowest BCUT2D eigenvalue weighted by Crippen LogP contribution is -2.29. The highest BCUT2D eigenvalue weighted by atomic mass is 79.9. The van der Waals surface area contributed by atoms with Gasteiger partial charge in [-0.1, -0.05) is 22.0 Å². The SMILES string of the molecule is O=C(O)c1cc(C(=O)O)cc(-c2ccc([C@@H]3[C@H](c4ccccn4)NC(=S)N3c3ccc(Br)cc3)o2)c1. The van der Waals surface area contributed by atoms with Gasteiger partial charge in [-0.2, -0.15) is 0 Å². The Morgan fingerprint density at radius 1 is 0.972 bits per heavy atom. The lowest BCUT2D eigenvalue weighted by atomic mass is 10.0. The average Bonchev–Trinajstić information content (AvgIpc) is 3.49. The van der Waals surface area contributed by atoms with Crippen LogP contribution in [-0.2, 0) is 0 Å². The number of anilines is 1. The second kappa shape index (κ2) is 9.56. The van der Waals surface area contributed by atoms with E-state index in [2.05, 4.69) is 26.2 Å². The van der Waals surface area contributed by atoms with Crippen LogP contribution in [0.4, 0.5) is 5.69 Å². The van der Waals surface area contributed by atoms with Crippen LogP contribution >= 0.6 is 28.1 Å². The molecule has 0 unspecified atom stereocenters. The Balaban J connectivity index is 1.61. The number of aromatic nitrogens is 1. The zero-order valence-electron chi connectivity index (χ0n) is 18.5. The molecule has 1 aliphatic heterocycles. The fraction of sp³-hybridized carbons (Fsp3) is 0.0769. The number of nitrogens with one attached hydrogen (secondary N) is 1. The van der Waals surface area contributed by atoms with Crippen LogP contribution in [0, 0.1) is 0 Å². The summed E-state index contributed by atoms with van der Waals surface area (Å²) < 4.78 is 7.16. The van der Waals surface area contributed by atoms with Crippen molar-refractivity contribution in [2.75, 3.05) is 4.90 Å². The van der Waals surface area contributed by atoms with Gasteiger partial charge in [-0.15, -0.1) is 0 Å². The third kappa shape index (κ3) is 4.48. The fourth-order valence-corrected chi connectivity index (χ4v) is 4.82. The maximum Gasteiger partial charge on any atom is 0.335 e. The quantitative estimate of drug-likeness (QED) is 0.255. The number of hydrogen-bond donors (Lipinski definition) is 3. The van der Waals surface area contributed by atoms with Crippen molar-refractivity contribution in [3.63, 3.8) is 0 Å². The molecule has 0 saturated carbocycles. The molecular formula is C26H18BrN3O5S. The number of halogens is 1. The first-order valence-corrected chi connectivity index (χ1v) is 12.0. The zero-order valence-corrected chi connectivity index (χ0v) is 20.9. The van der Waals surface area contributed by atoms with Crippen molar-refractivity contribution in [3.8, 4) is 11.3 Å². The highest BCUT2D eigenvalue weighted by molar-refractivity contribution is 9.10. The highest BCUT2D eigenvalue weighted by Crippen LogP contribution is 2.43. The summed E-state index contributed by atoms with van der Waals surface area (Å²) in [6.07, 6.45) is 1.71. The number of carbonyl (C=O) groups is 2. The minimum absolute atomic E-state index is 0.144. The molecule has 0 spiro atoms. The van der Waals surface area contributed by atoms with Crippen LogP contribution in [-0.4, -0.2) is 32.2 Å². The summed E-state index contributed by atoms with van der Waals surface area (Å²) in [4.78, 5) is 29.6. The molecule has 1 saturated heterocycles. The maximum atomic E-state index is 11.6. The number of carboxylic acids is 2. The van der Waals surface area contributed by atoms with Crippen molar-refractivity contribution in [2.24, 2.45) is 0 Å². The monoisotopic (exact) mass is 563 g/mol. The fourth-order valence-electron chi connectivity index (χ4n) is 4.21. The molecule has 1 fully saturated rings. The summed E-state index contributed by atoms with van der Waals surface area (Å²) in [5.41, 5.74) is 1.67. The number of pyridine rings is 1. The number of benzene rings is 2. The van der Waals surface area contributed by atoms with E-state index in [1.807, 2.05) is 47.4 Å². The van der Waals surface area contributed by atoms with Crippen molar-refractivity contribution in [1.82, 2.24) is 10.3 Å². The number of nitrogens with zero attached hydrogens (tertiary/aromatic N) is 2. The van der Waals surface area contributed by atoms with Crippen LogP contribution in [0.2, 0.25) is 0 Å². The van der Waals surface area contributed by atoms with E-state index in [9.17, 15) is 19.8 Å². The molecule has 2 aromatic carbocycles. The van der Waals surface area contributed by atoms with E-state index in [-0.39, 0.29) is 17.2 Å². The minimum Gasteiger partial charge on any atom is -0.478 e. The summed E-state index contributed by atoms with van der Waals surface area (Å²) in [7, 11) is 0. The third-order valence-corrected chi connectivity index (χ3v) is 6.68. The lowest BCUT2D eigenvalue weighted by Gasteiger charge is -2.26. The molecule has 36 heavy (non-hydrogen) atoms. The topological polar surface area (TPSA) is 116 Å². The Morgan fingerprint density at radius 3 is 2.28 bits per heavy atom. The van der Waals surface area contributed by atoms with Gasteiger partial charge in [-0.05, 0) is 78.9 Å². The molecule has 180 valence electrons. The molecule has 10 heteroatoms. The molecule has 8 nitrogen and oxygen atoms in total. The summed E-state index contributed by atoms with van der Waals surface area (Å²) in [6, 6.07) is 20.0. The number of carboxylic acid groups (broad SMARTS) is 2. The molecule has 3 heterocycles. The van der Waals surface area contributed by atoms with Gasteiger partial charge in [0.15, 0.2) is 5.11 Å². The van der Waals surface area contributed by atoms with E-state index in [0.29, 0.717) is 22.2 Å². The van der Waals surface area contributed by atoms with Gasteiger partial charge < -0.3 is 24.8 Å². The van der Waals surface area contributed by atoms with Gasteiger partial charge in [0, 0.05) is 21.9 Å². The predicted molar refractivity (Wildman–Crippen MR) is 140 cm³/mol. The van der Waals surface area contributed by atoms with Crippen LogP contribution in [0.3, 0.4) is 0 Å². The van der Waals surface area contributed by atoms with Gasteiger partial charge >= 0.3 is 11.9 Å². The van der Waals surface area contributed by atoms with Crippen LogP contribution in [0.25, 0.3) is 11.3 Å². The van der Waals surface area contributed by atoms with E-state index in [1.165, 1.54) is 12.1 Å². The Morgan fingerprint density at radius 2 is 1.67 bits per heavy atom. The van der Waals surface area contributed by atoms with E-state index in [4.69, 9.17) is 16.6 Å². The molecule has 2 atom stereocenters. The number of hydrogen-bond acceptors (Lipinski definition) is 5. The molecule has 0 bridgehead atoms. The molecule has 0 amide bonds. The van der Waals surface area contributed by atoms with E-state index in [0.717, 1.165) is 21.9 Å². The zero-order chi connectivity index (χ0) is 25.4. The number of thiocarbonyl (C=S) groups is 1. The predicted octanol–water partition coefficient (Wildman–Crippen LogP) is 5.68. The van der Waals surface area contributed by atoms with Crippen molar-refractivity contribution < 1.29 is 24.2 Å². The van der Waals surface area contributed by atoms with Crippen LogP contribution in [0.1, 0.15) is 44.3 Å². The molecule has 4 aromatic rings. The largest absolute Gasteiger partial charge is 0.478 e. The van der Waals surface area contributed by atoms with E-state index < -0.39 is 18.0 Å². The molecule has 0 aliphatic carbocycles. The second-order valence-electron chi connectivity index (χ2n) is 8.08. The highest BCUT2D eigenvalue weighted by Gasteiger charge is 2.42. The van der Waals surface area contributed by atoms with Gasteiger partial charge in [-0.3, -0.25) is 4.98 Å². The number of rotatable bonds is 6. The summed E-state index contributed by atoms with van der Waals surface area (Å²) >= 11 is 9.16. The van der Waals surface area contributed by atoms with Crippen molar-refractivity contribution in [1.29, 1.82) is 0 Å². The first-order chi connectivity index (χ1) is 17.3. The van der Waals surface area contributed by atoms with Crippen LogP contribution in [0.15, 0.2) is 87.9 Å². The third-order valence-electron chi connectivity index (χ3n) is 5.83. The lowest BCUT2D eigenvalue weighted by molar-refractivity contribution is 0.0696. The van der Waals surface area contributed by atoms with Crippen molar-refractivity contribution >= 4 is 50.9 Å². The molecule has 5 rings (SSSR count). The van der Waals surface area contributed by atoms with Crippen molar-refractivity contribution in [3.05, 3.63) is 106 Å². The summed E-state index contributed by atoms with van der Waals surface area (Å²) in [5.74, 6) is -1.57. The van der Waals surface area contributed by atoms with Gasteiger partial charge in [0.2, 0.25) is 0 Å². The van der Waals surface area contributed by atoms with Crippen LogP contribution in [0.5, 0.6) is 0 Å². The van der Waals surface area contributed by atoms with E-state index >= 15 is 0 Å². The Labute approximate surface area is 219 Å². The van der Waals surface area contributed by atoms with Gasteiger partial charge in [-0.25, -0.2) is 9.59 Å². The Hall–Kier alpha value is -4.02. The second-order valence-corrected chi connectivity index (χ2v) is 9.39. The molecule has 0 radical (unpaired) electrons. The summed E-state index contributed by atoms with van der Waals surface area (Å²) in [5, 5.41) is 22.7. The molecule has 3 N–H and O–H groups in total. The average molecular weight is 564 g/mol. The first kappa shape index (κ1) is 23.7. The number of aromatic carboxylic acids is 2. The molecular weight excluding hydrogens is 546 g/mol. The maximum absolute atomic E-state index is 11.6. The van der Waals surface area contributed by atoms with Crippen molar-refractivity contribution in [2.45, 2.75) is 12.1 Å². The Kier molecular flexibility index (Phi) is 6.29. The normalized spacial score (nSPS) is 17.1. The summed E-state index contributed by atoms with van der Waals surface area (Å²) in [6.45, 7) is 0. The first-order valence-electron chi connectivity index (χ1n) is 10.8. The van der Waals surface area contributed by atoms with Gasteiger partial charge in [0.1, 0.15) is 17.6 Å². The van der Waals surface area contributed by atoms with Gasteiger partial charge in [0.05, 0.1) is 22.9 Å². The standard InChI is InChI=1S/C26H18BrN3O5S/c27-17-4-6-18(7-5-17)30-23(22(29-26(30)36)19-3-1-2-10-28-19)21-9-8-20(35-21)14-11-15(24(31)32)13-16(12-14)25(33)34/h1-13,22-23H,(H,29,36)(H,31,32)(H,33,34)/t22-,23+/m0/s1. The smallest absolute Gasteiger partial charge is 0.335 e. The Bertz CT molecular complexity index is 1440. The minimum atomic E-state index is -1.23. The molecule has 1 aliphatic rings. The van der Waals surface area contributed by atoms with Crippen LogP contribution < -0.4 is 10.2 Å². The van der Waals surface area contributed by atoms with E-state index in [1.54, 1.807) is 18.3 Å². The number of furan rings is 1. The van der Waals surface area contributed by atoms with Gasteiger partial charge in [0.25, 0.3) is 0 Å².